The molecule has 1 aliphatic carbocycles. The van der Waals surface area contributed by atoms with Gasteiger partial charge in [0.05, 0.1) is 11.5 Å². The summed E-state index contributed by atoms with van der Waals surface area (Å²) >= 11 is 1.52. The molecular weight excluding hydrogens is 476 g/mol. The predicted octanol–water partition coefficient (Wildman–Crippen LogP) is 4.65. The van der Waals surface area contributed by atoms with Crippen molar-refractivity contribution >= 4 is 40.6 Å². The van der Waals surface area contributed by atoms with Gasteiger partial charge in [-0.25, -0.2) is 4.79 Å². The van der Waals surface area contributed by atoms with Gasteiger partial charge in [-0.05, 0) is 75.7 Å². The summed E-state index contributed by atoms with van der Waals surface area (Å²) in [4.78, 5) is 42.1. The zero-order chi connectivity index (χ0) is 25.9. The minimum atomic E-state index is -0.564. The number of hydrogen-bond donors (Lipinski definition) is 2. The van der Waals surface area contributed by atoms with Crippen LogP contribution in [-0.4, -0.2) is 60.6 Å². The van der Waals surface area contributed by atoms with Crippen molar-refractivity contribution in [3.8, 4) is 0 Å². The molecule has 3 amide bonds. The number of alkyl carbamates (subject to hydrolysis) is 1. The fourth-order valence-electron chi connectivity index (χ4n) is 4.85. The summed E-state index contributed by atoms with van der Waals surface area (Å²) in [5.41, 5.74) is 2.94. The Morgan fingerprint density at radius 2 is 1.69 bits per heavy atom. The summed E-state index contributed by atoms with van der Waals surface area (Å²) in [7, 11) is 0. The van der Waals surface area contributed by atoms with Crippen molar-refractivity contribution in [2.24, 2.45) is 5.92 Å². The molecule has 194 valence electrons. The number of carbonyl (C=O) groups is 3. The van der Waals surface area contributed by atoms with Crippen LogP contribution in [0.2, 0.25) is 0 Å². The lowest BCUT2D eigenvalue weighted by atomic mass is 10.0. The normalized spacial score (nSPS) is 20.2. The summed E-state index contributed by atoms with van der Waals surface area (Å²) in [6, 6.07) is 7.66. The molecule has 0 bridgehead atoms. The second-order valence-electron chi connectivity index (χ2n) is 10.6. The van der Waals surface area contributed by atoms with Crippen LogP contribution in [0.4, 0.5) is 16.2 Å². The van der Waals surface area contributed by atoms with Crippen LogP contribution in [0, 0.1) is 12.8 Å². The Kier molecular flexibility index (Phi) is 7.88. The van der Waals surface area contributed by atoms with E-state index in [1.807, 2.05) is 67.6 Å². The number of piperazine rings is 1. The molecule has 1 saturated carbocycles. The third-order valence-electron chi connectivity index (χ3n) is 6.72. The number of nitrogens with zero attached hydrogens (tertiary/aromatic N) is 2. The van der Waals surface area contributed by atoms with Gasteiger partial charge in [-0.1, -0.05) is 6.42 Å². The molecule has 2 N–H and O–H groups in total. The average molecular weight is 513 g/mol. The van der Waals surface area contributed by atoms with E-state index in [2.05, 4.69) is 15.5 Å². The molecule has 36 heavy (non-hydrogen) atoms. The van der Waals surface area contributed by atoms with Crippen LogP contribution in [0.1, 0.15) is 56.0 Å². The van der Waals surface area contributed by atoms with Gasteiger partial charge in [0.2, 0.25) is 5.91 Å². The second-order valence-corrected chi connectivity index (χ2v) is 11.3. The molecule has 2 atom stereocenters. The Balaban J connectivity index is 1.28. The number of ether oxygens (including phenoxy) is 1. The van der Waals surface area contributed by atoms with Crippen LogP contribution in [0.15, 0.2) is 35.0 Å². The summed E-state index contributed by atoms with van der Waals surface area (Å²) in [6.07, 6.45) is 2.05. The predicted molar refractivity (Wildman–Crippen MR) is 143 cm³/mol. The minimum Gasteiger partial charge on any atom is -0.444 e. The lowest BCUT2D eigenvalue weighted by Gasteiger charge is -2.38. The molecule has 1 aromatic heterocycles. The standard InChI is InChI=1S/C27H36N4O4S/c1-18-16-36-17-22(18)24(32)28-19-8-10-20(11-9-19)30-12-14-31(15-13-30)25(33)21-6-5-7-23(21)29-26(34)35-27(2,3)4/h8-11,16-17,21,23H,5-7,12-15H2,1-4H3,(H,28,32)(H,29,34)/t21-,23+/m1/s1. The average Bonchev–Trinajstić information content (AvgIpc) is 3.47. The zero-order valence-electron chi connectivity index (χ0n) is 21.5. The Labute approximate surface area is 217 Å². The molecule has 0 unspecified atom stereocenters. The van der Waals surface area contributed by atoms with Gasteiger partial charge in [0.1, 0.15) is 5.60 Å². The van der Waals surface area contributed by atoms with Gasteiger partial charge in [0.25, 0.3) is 5.91 Å². The van der Waals surface area contributed by atoms with Gasteiger partial charge in [0.15, 0.2) is 0 Å². The zero-order valence-corrected chi connectivity index (χ0v) is 22.3. The molecule has 1 aliphatic heterocycles. The summed E-state index contributed by atoms with van der Waals surface area (Å²) < 4.78 is 5.39. The fraction of sp³-hybridized carbons (Fsp3) is 0.519. The SMILES string of the molecule is Cc1cscc1C(=O)Nc1ccc(N2CCN(C(=O)[C@@H]3CCC[C@@H]3NC(=O)OC(C)(C)C)CC2)cc1. The van der Waals surface area contributed by atoms with Crippen molar-refractivity contribution < 1.29 is 19.1 Å². The lowest BCUT2D eigenvalue weighted by Crippen LogP contribution is -2.53. The van der Waals surface area contributed by atoms with Crippen molar-refractivity contribution in [3.05, 3.63) is 46.2 Å². The third kappa shape index (κ3) is 6.37. The van der Waals surface area contributed by atoms with Gasteiger partial charge in [-0.3, -0.25) is 9.59 Å². The monoisotopic (exact) mass is 512 g/mol. The van der Waals surface area contributed by atoms with Gasteiger partial charge in [-0.15, -0.1) is 0 Å². The highest BCUT2D eigenvalue weighted by Crippen LogP contribution is 2.29. The lowest BCUT2D eigenvalue weighted by molar-refractivity contribution is -0.136. The third-order valence-corrected chi connectivity index (χ3v) is 7.58. The molecule has 1 saturated heterocycles. The maximum absolute atomic E-state index is 13.3. The molecule has 4 rings (SSSR count). The van der Waals surface area contributed by atoms with E-state index in [1.54, 1.807) is 0 Å². The first-order chi connectivity index (χ1) is 17.1. The first-order valence-corrected chi connectivity index (χ1v) is 13.5. The highest BCUT2D eigenvalue weighted by atomic mass is 32.1. The van der Waals surface area contributed by atoms with Crippen molar-refractivity contribution in [2.45, 2.75) is 58.6 Å². The smallest absolute Gasteiger partial charge is 0.407 e. The first-order valence-electron chi connectivity index (χ1n) is 12.6. The van der Waals surface area contributed by atoms with E-state index in [9.17, 15) is 14.4 Å². The fourth-order valence-corrected chi connectivity index (χ4v) is 5.68. The van der Waals surface area contributed by atoms with Crippen LogP contribution < -0.4 is 15.5 Å². The van der Waals surface area contributed by atoms with Crippen LogP contribution >= 0.6 is 11.3 Å². The molecule has 9 heteroatoms. The minimum absolute atomic E-state index is 0.0972. The van der Waals surface area contributed by atoms with Crippen molar-refractivity contribution in [2.75, 3.05) is 36.4 Å². The van der Waals surface area contributed by atoms with Crippen molar-refractivity contribution in [1.82, 2.24) is 10.2 Å². The quantitative estimate of drug-likeness (QED) is 0.609. The van der Waals surface area contributed by atoms with E-state index < -0.39 is 11.7 Å². The van der Waals surface area contributed by atoms with Crippen molar-refractivity contribution in [1.29, 1.82) is 0 Å². The Morgan fingerprint density at radius 1 is 1.00 bits per heavy atom. The van der Waals surface area contributed by atoms with E-state index in [1.165, 1.54) is 11.3 Å². The van der Waals surface area contributed by atoms with E-state index in [0.29, 0.717) is 18.7 Å². The number of rotatable bonds is 5. The molecule has 2 aromatic rings. The van der Waals surface area contributed by atoms with Gasteiger partial charge >= 0.3 is 6.09 Å². The van der Waals surface area contributed by atoms with Gasteiger partial charge in [0, 0.05) is 49.0 Å². The van der Waals surface area contributed by atoms with E-state index in [-0.39, 0.29) is 23.8 Å². The van der Waals surface area contributed by atoms with Crippen LogP contribution in [-0.2, 0) is 9.53 Å². The number of aryl methyl sites for hydroxylation is 1. The van der Waals surface area contributed by atoms with E-state index >= 15 is 0 Å². The number of carbonyl (C=O) groups excluding carboxylic acids is 3. The molecular formula is C27H36N4O4S. The van der Waals surface area contributed by atoms with Crippen LogP contribution in [0.3, 0.4) is 0 Å². The summed E-state index contributed by atoms with van der Waals surface area (Å²) in [6.45, 7) is 10.2. The van der Waals surface area contributed by atoms with Crippen LogP contribution in [0.5, 0.6) is 0 Å². The van der Waals surface area contributed by atoms with Gasteiger partial charge in [-0.2, -0.15) is 11.3 Å². The maximum Gasteiger partial charge on any atom is 0.407 e. The van der Waals surface area contributed by atoms with E-state index in [0.717, 1.165) is 49.3 Å². The summed E-state index contributed by atoms with van der Waals surface area (Å²) in [5.74, 6) is -0.172. The second kappa shape index (κ2) is 10.9. The highest BCUT2D eigenvalue weighted by molar-refractivity contribution is 7.08. The molecule has 2 heterocycles. The molecule has 0 radical (unpaired) electrons. The Hall–Kier alpha value is -3.07. The molecule has 2 fully saturated rings. The number of hydrogen-bond acceptors (Lipinski definition) is 6. The molecule has 8 nitrogen and oxygen atoms in total. The van der Waals surface area contributed by atoms with Gasteiger partial charge < -0.3 is 25.2 Å². The Morgan fingerprint density at radius 3 is 2.31 bits per heavy atom. The number of nitrogens with one attached hydrogen (secondary N) is 2. The number of benzene rings is 1. The van der Waals surface area contributed by atoms with Crippen LogP contribution in [0.25, 0.3) is 0 Å². The first kappa shape index (κ1) is 26.0. The van der Waals surface area contributed by atoms with E-state index in [4.69, 9.17) is 4.74 Å². The summed E-state index contributed by atoms with van der Waals surface area (Å²) in [5, 5.41) is 9.71. The van der Waals surface area contributed by atoms with Crippen molar-refractivity contribution in [3.63, 3.8) is 0 Å². The topological polar surface area (TPSA) is 91.0 Å². The number of thiophene rings is 1. The molecule has 2 aliphatic rings. The highest BCUT2D eigenvalue weighted by Gasteiger charge is 2.38. The molecule has 0 spiro atoms. The molecule has 1 aromatic carbocycles. The maximum atomic E-state index is 13.3. The number of amides is 3. The Bertz CT molecular complexity index is 1080. The largest absolute Gasteiger partial charge is 0.444 e. The number of anilines is 2.